The molecule has 2 nitrogen and oxygen atoms in total. The van der Waals surface area contributed by atoms with Gasteiger partial charge in [-0.3, -0.25) is 0 Å². The lowest BCUT2D eigenvalue weighted by Gasteiger charge is -2.07. The molecule has 16 heavy (non-hydrogen) atoms. The van der Waals surface area contributed by atoms with Crippen LogP contribution in [-0.2, 0) is 6.18 Å². The molecule has 0 aliphatic rings. The van der Waals surface area contributed by atoms with Crippen LogP contribution in [-0.4, -0.2) is 6.21 Å². The third-order valence-electron chi connectivity index (χ3n) is 1.68. The minimum atomic E-state index is -4.36. The second kappa shape index (κ2) is 5.01. The van der Waals surface area contributed by atoms with Crippen LogP contribution in [0, 0.1) is 5.92 Å². The zero-order valence-corrected chi connectivity index (χ0v) is 8.95. The zero-order chi connectivity index (χ0) is 12.2. The van der Waals surface area contributed by atoms with E-state index in [1.54, 1.807) is 0 Å². The van der Waals surface area contributed by atoms with Gasteiger partial charge in [-0.15, -0.1) is 0 Å². The molecular formula is C11H12F3NO. The van der Waals surface area contributed by atoms with Gasteiger partial charge in [-0.2, -0.15) is 13.2 Å². The first-order valence-corrected chi connectivity index (χ1v) is 4.77. The van der Waals surface area contributed by atoms with Crippen molar-refractivity contribution in [3.05, 3.63) is 29.8 Å². The molecular weight excluding hydrogens is 219 g/mol. The van der Waals surface area contributed by atoms with Crippen molar-refractivity contribution >= 4 is 6.21 Å². The largest absolute Gasteiger partial charge is 0.416 e. The molecule has 0 N–H and O–H groups in total. The monoisotopic (exact) mass is 231 g/mol. The number of hydrogen-bond acceptors (Lipinski definition) is 2. The van der Waals surface area contributed by atoms with Gasteiger partial charge in [-0.05, 0) is 24.1 Å². The topological polar surface area (TPSA) is 21.6 Å². The van der Waals surface area contributed by atoms with Crippen LogP contribution in [0.3, 0.4) is 0 Å². The summed E-state index contributed by atoms with van der Waals surface area (Å²) >= 11 is 0. The first-order valence-electron chi connectivity index (χ1n) is 4.77. The first kappa shape index (κ1) is 12.5. The van der Waals surface area contributed by atoms with E-state index >= 15 is 0 Å². The molecule has 0 amide bonds. The lowest BCUT2D eigenvalue weighted by atomic mass is 10.2. The maximum Gasteiger partial charge on any atom is 0.416 e. The second-order valence-electron chi connectivity index (χ2n) is 3.62. The highest BCUT2D eigenvalue weighted by Gasteiger charge is 2.30. The molecule has 0 bridgehead atoms. The molecule has 0 saturated heterocycles. The van der Waals surface area contributed by atoms with Crippen molar-refractivity contribution in [2.24, 2.45) is 11.1 Å². The molecule has 5 heteroatoms. The predicted molar refractivity (Wildman–Crippen MR) is 55.4 cm³/mol. The van der Waals surface area contributed by atoms with E-state index < -0.39 is 11.7 Å². The van der Waals surface area contributed by atoms with Crippen LogP contribution in [0.1, 0.15) is 19.4 Å². The molecule has 0 aliphatic heterocycles. The molecule has 0 fully saturated rings. The summed E-state index contributed by atoms with van der Waals surface area (Å²) in [5, 5.41) is 3.57. The molecule has 88 valence electrons. The van der Waals surface area contributed by atoms with Crippen LogP contribution in [0.15, 0.2) is 29.4 Å². The Hall–Kier alpha value is -1.52. The summed E-state index contributed by atoms with van der Waals surface area (Å²) in [5.74, 6) is 0.262. The molecule has 0 spiro atoms. The number of alkyl halides is 3. The minimum Gasteiger partial charge on any atom is -0.357 e. The Labute approximate surface area is 91.7 Å². The van der Waals surface area contributed by atoms with Gasteiger partial charge in [0.05, 0.1) is 5.56 Å². The van der Waals surface area contributed by atoms with Crippen molar-refractivity contribution in [2.75, 3.05) is 0 Å². The van der Waals surface area contributed by atoms with Crippen molar-refractivity contribution in [1.82, 2.24) is 0 Å². The van der Waals surface area contributed by atoms with Gasteiger partial charge in [0, 0.05) is 6.21 Å². The Morgan fingerprint density at radius 2 is 2.00 bits per heavy atom. The van der Waals surface area contributed by atoms with Crippen LogP contribution >= 0.6 is 0 Å². The summed E-state index contributed by atoms with van der Waals surface area (Å²) in [4.78, 5) is 4.82. The van der Waals surface area contributed by atoms with E-state index in [4.69, 9.17) is 4.84 Å². The second-order valence-corrected chi connectivity index (χ2v) is 3.62. The fraction of sp³-hybridized carbons (Fsp3) is 0.364. The van der Waals surface area contributed by atoms with E-state index in [2.05, 4.69) is 5.16 Å². The quantitative estimate of drug-likeness (QED) is 0.573. The Morgan fingerprint density at radius 3 is 2.56 bits per heavy atom. The van der Waals surface area contributed by atoms with Gasteiger partial charge in [0.25, 0.3) is 0 Å². The van der Waals surface area contributed by atoms with Crippen molar-refractivity contribution in [1.29, 1.82) is 0 Å². The molecule has 0 radical (unpaired) electrons. The summed E-state index contributed by atoms with van der Waals surface area (Å²) in [5.41, 5.74) is -0.746. The van der Waals surface area contributed by atoms with Crippen LogP contribution in [0.25, 0.3) is 0 Å². The smallest absolute Gasteiger partial charge is 0.357 e. The Kier molecular flexibility index (Phi) is 3.93. The highest BCUT2D eigenvalue weighted by Crippen LogP contribution is 2.31. The predicted octanol–water partition coefficient (Wildman–Crippen LogP) is 3.73. The number of nitrogens with zero attached hydrogens (tertiary/aromatic N) is 1. The highest BCUT2D eigenvalue weighted by atomic mass is 19.4. The minimum absolute atomic E-state index is 0.0757. The summed E-state index contributed by atoms with van der Waals surface area (Å²) in [6.07, 6.45) is -2.85. The average Bonchev–Trinajstić information content (AvgIpc) is 2.16. The summed E-state index contributed by atoms with van der Waals surface area (Å²) in [6.45, 7) is 3.78. The van der Waals surface area contributed by atoms with Gasteiger partial charge in [-0.25, -0.2) is 0 Å². The highest BCUT2D eigenvalue weighted by molar-refractivity contribution is 5.58. The Balaban J connectivity index is 2.76. The van der Waals surface area contributed by atoms with E-state index in [1.807, 2.05) is 13.8 Å². The molecule has 1 rings (SSSR count). The van der Waals surface area contributed by atoms with E-state index in [9.17, 15) is 13.2 Å². The van der Waals surface area contributed by atoms with Crippen LogP contribution in [0.4, 0.5) is 13.2 Å². The number of rotatable bonds is 3. The lowest BCUT2D eigenvalue weighted by Crippen LogP contribution is -2.04. The van der Waals surface area contributed by atoms with E-state index in [0.717, 1.165) is 12.1 Å². The third kappa shape index (κ3) is 3.92. The number of oxime groups is 1. The molecule has 1 aromatic rings. The average molecular weight is 231 g/mol. The van der Waals surface area contributed by atoms with Gasteiger partial charge >= 0.3 is 6.18 Å². The molecule has 0 atom stereocenters. The molecule has 0 aliphatic carbocycles. The van der Waals surface area contributed by atoms with Crippen molar-refractivity contribution in [3.63, 3.8) is 0 Å². The van der Waals surface area contributed by atoms with Crippen LogP contribution < -0.4 is 4.84 Å². The third-order valence-corrected chi connectivity index (χ3v) is 1.68. The van der Waals surface area contributed by atoms with Crippen LogP contribution in [0.2, 0.25) is 0 Å². The maximum absolute atomic E-state index is 12.3. The van der Waals surface area contributed by atoms with Crippen LogP contribution in [0.5, 0.6) is 5.75 Å². The van der Waals surface area contributed by atoms with E-state index in [0.29, 0.717) is 0 Å². The maximum atomic E-state index is 12.3. The Morgan fingerprint density at radius 1 is 1.31 bits per heavy atom. The van der Waals surface area contributed by atoms with Gasteiger partial charge in [0.1, 0.15) is 0 Å². The zero-order valence-electron chi connectivity index (χ0n) is 8.95. The normalized spacial score (nSPS) is 12.4. The van der Waals surface area contributed by atoms with E-state index in [-0.39, 0.29) is 11.7 Å². The van der Waals surface area contributed by atoms with Crippen molar-refractivity contribution in [3.8, 4) is 5.75 Å². The van der Waals surface area contributed by atoms with Gasteiger partial charge < -0.3 is 4.84 Å². The molecule has 0 aromatic heterocycles. The van der Waals surface area contributed by atoms with Crippen molar-refractivity contribution in [2.45, 2.75) is 20.0 Å². The van der Waals surface area contributed by atoms with E-state index in [1.165, 1.54) is 18.3 Å². The van der Waals surface area contributed by atoms with Crippen molar-refractivity contribution < 1.29 is 18.0 Å². The number of hydrogen-bond donors (Lipinski definition) is 0. The molecule has 0 unspecified atom stereocenters. The lowest BCUT2D eigenvalue weighted by molar-refractivity contribution is -0.137. The number of halogens is 3. The fourth-order valence-corrected chi connectivity index (χ4v) is 0.942. The molecule has 1 aromatic carbocycles. The molecule has 0 heterocycles. The first-order chi connectivity index (χ1) is 7.39. The standard InChI is InChI=1S/C11H12F3NO/c1-8(2)7-15-16-10-5-3-4-9(6-10)11(12,13)14/h3-8H,1-2H3/b15-7+. The van der Waals surface area contributed by atoms with Gasteiger partial charge in [-0.1, -0.05) is 25.1 Å². The summed E-state index contributed by atoms with van der Waals surface area (Å²) in [6, 6.07) is 4.60. The summed E-state index contributed by atoms with van der Waals surface area (Å²) < 4.78 is 37.0. The summed E-state index contributed by atoms with van der Waals surface area (Å²) in [7, 11) is 0. The SMILES string of the molecule is CC(C)/C=N/Oc1cccc(C(F)(F)F)c1. The fourth-order valence-electron chi connectivity index (χ4n) is 0.942. The molecule has 0 saturated carbocycles. The van der Waals surface area contributed by atoms with Gasteiger partial charge in [0.15, 0.2) is 5.75 Å². The number of benzene rings is 1. The Bertz CT molecular complexity index is 372. The van der Waals surface area contributed by atoms with Gasteiger partial charge in [0.2, 0.25) is 0 Å².